The van der Waals surface area contributed by atoms with E-state index in [2.05, 4.69) is 39.5 Å². The summed E-state index contributed by atoms with van der Waals surface area (Å²) in [6.07, 6.45) is 4.48. The number of likely N-dealkylation sites (tertiary alicyclic amines) is 1. The van der Waals surface area contributed by atoms with Crippen molar-refractivity contribution >= 4 is 34.1 Å². The number of urea groups is 1. The molecule has 164 valence electrons. The zero-order chi connectivity index (χ0) is 21.2. The van der Waals surface area contributed by atoms with Crippen molar-refractivity contribution in [1.82, 2.24) is 15.2 Å². The molecule has 5 rings (SSSR count). The van der Waals surface area contributed by atoms with Gasteiger partial charge in [-0.3, -0.25) is 9.69 Å². The number of nitrogens with one attached hydrogen (secondary N) is 1. The Morgan fingerprint density at radius 3 is 2.84 bits per heavy atom. The smallest absolute Gasteiger partial charge is 0.323 e. The Morgan fingerprint density at radius 1 is 1.16 bits per heavy atom. The van der Waals surface area contributed by atoms with Crippen LogP contribution in [-0.4, -0.2) is 61.1 Å². The van der Waals surface area contributed by atoms with E-state index in [0.29, 0.717) is 30.6 Å². The molecule has 0 unspecified atom stereocenters. The Hall–Kier alpha value is -2.61. The molecule has 8 heteroatoms. The second-order valence-electron chi connectivity index (χ2n) is 8.68. The molecule has 0 saturated carbocycles. The van der Waals surface area contributed by atoms with Crippen molar-refractivity contribution in [2.24, 2.45) is 5.92 Å². The third-order valence-electron chi connectivity index (χ3n) is 6.61. The van der Waals surface area contributed by atoms with E-state index in [0.717, 1.165) is 57.6 Å². The highest BCUT2D eigenvalue weighted by atomic mass is 32.1. The Balaban J connectivity index is 1.11. The molecule has 2 fully saturated rings. The van der Waals surface area contributed by atoms with E-state index in [9.17, 15) is 9.59 Å². The molecule has 1 aromatic heterocycles. The van der Waals surface area contributed by atoms with Gasteiger partial charge >= 0.3 is 6.03 Å². The molecule has 0 bridgehead atoms. The Kier molecular flexibility index (Phi) is 5.80. The summed E-state index contributed by atoms with van der Waals surface area (Å²) in [5, 5.41) is 5.44. The second-order valence-corrected chi connectivity index (χ2v) is 9.52. The molecule has 0 atom stereocenters. The summed E-state index contributed by atoms with van der Waals surface area (Å²) < 4.78 is 0. The molecule has 3 amide bonds. The van der Waals surface area contributed by atoms with Gasteiger partial charge in [0.15, 0.2) is 5.13 Å². The third kappa shape index (κ3) is 4.39. The van der Waals surface area contributed by atoms with Crippen LogP contribution in [0.25, 0.3) is 0 Å². The highest BCUT2D eigenvalue weighted by molar-refractivity contribution is 7.14. The normalized spacial score (nSPS) is 19.5. The molecule has 1 N–H and O–H groups in total. The number of hydrogen-bond acceptors (Lipinski definition) is 5. The van der Waals surface area contributed by atoms with Gasteiger partial charge in [0.05, 0.1) is 12.1 Å². The summed E-state index contributed by atoms with van der Waals surface area (Å²) in [4.78, 5) is 35.5. The molecule has 1 aromatic carbocycles. The number of amides is 3. The molecule has 3 aliphatic rings. The van der Waals surface area contributed by atoms with Gasteiger partial charge in [-0.25, -0.2) is 9.78 Å². The van der Waals surface area contributed by atoms with Gasteiger partial charge in [0, 0.05) is 50.3 Å². The average molecular weight is 440 g/mol. The van der Waals surface area contributed by atoms with Crippen molar-refractivity contribution in [3.05, 3.63) is 40.9 Å². The standard InChI is InChI=1S/C23H29N5O2S/c29-21(14-19-16-31-23(25-19)28-10-3-9-24-22(28)30)26-11-6-17(7-12-26)15-27-13-8-18-4-1-2-5-20(18)27/h1-2,4-5,16-17H,3,6-15H2,(H,24,30). The summed E-state index contributed by atoms with van der Waals surface area (Å²) in [6.45, 7) is 5.25. The number of fused-ring (bicyclic) bond motifs is 1. The summed E-state index contributed by atoms with van der Waals surface area (Å²) in [5.74, 6) is 0.781. The van der Waals surface area contributed by atoms with Gasteiger partial charge in [0.25, 0.3) is 0 Å². The number of para-hydroxylation sites is 1. The number of carbonyl (C=O) groups is 2. The molecule has 31 heavy (non-hydrogen) atoms. The minimum absolute atomic E-state index is 0.0961. The van der Waals surface area contributed by atoms with Crippen LogP contribution in [-0.2, 0) is 17.6 Å². The second kappa shape index (κ2) is 8.86. The van der Waals surface area contributed by atoms with Crippen LogP contribution in [0.15, 0.2) is 29.6 Å². The maximum Gasteiger partial charge on any atom is 0.323 e. The van der Waals surface area contributed by atoms with Gasteiger partial charge in [0.1, 0.15) is 0 Å². The topological polar surface area (TPSA) is 68.8 Å². The molecular weight excluding hydrogens is 410 g/mol. The summed E-state index contributed by atoms with van der Waals surface area (Å²) in [6, 6.07) is 8.62. The van der Waals surface area contributed by atoms with Gasteiger partial charge < -0.3 is 15.1 Å². The lowest BCUT2D eigenvalue weighted by molar-refractivity contribution is -0.131. The molecule has 2 aromatic rings. The minimum Gasteiger partial charge on any atom is -0.371 e. The Bertz CT molecular complexity index is 953. The average Bonchev–Trinajstić information content (AvgIpc) is 3.42. The van der Waals surface area contributed by atoms with Crippen LogP contribution in [0.5, 0.6) is 0 Å². The van der Waals surface area contributed by atoms with E-state index in [1.54, 1.807) is 4.90 Å². The highest BCUT2D eigenvalue weighted by Crippen LogP contribution is 2.30. The van der Waals surface area contributed by atoms with Gasteiger partial charge in [-0.05, 0) is 43.2 Å². The minimum atomic E-state index is -0.0961. The fourth-order valence-electron chi connectivity index (χ4n) is 4.85. The number of aromatic nitrogens is 1. The largest absolute Gasteiger partial charge is 0.371 e. The molecular formula is C23H29N5O2S. The van der Waals surface area contributed by atoms with Crippen molar-refractivity contribution in [1.29, 1.82) is 0 Å². The van der Waals surface area contributed by atoms with Crippen molar-refractivity contribution in [2.75, 3.05) is 49.1 Å². The van der Waals surface area contributed by atoms with E-state index in [1.165, 1.54) is 22.6 Å². The molecule has 0 aliphatic carbocycles. The number of thiazole rings is 1. The maximum atomic E-state index is 12.8. The van der Waals surface area contributed by atoms with Gasteiger partial charge in [0.2, 0.25) is 5.91 Å². The van der Waals surface area contributed by atoms with E-state index in [1.807, 2.05) is 10.3 Å². The van der Waals surface area contributed by atoms with Crippen LogP contribution in [0.1, 0.15) is 30.5 Å². The third-order valence-corrected chi connectivity index (χ3v) is 7.52. The fraction of sp³-hybridized carbons (Fsp3) is 0.522. The predicted octanol–water partition coefficient (Wildman–Crippen LogP) is 2.91. The van der Waals surface area contributed by atoms with Crippen molar-refractivity contribution in [3.63, 3.8) is 0 Å². The van der Waals surface area contributed by atoms with Crippen molar-refractivity contribution in [3.8, 4) is 0 Å². The number of carbonyl (C=O) groups excluding carboxylic acids is 2. The first kappa shape index (κ1) is 20.3. The van der Waals surface area contributed by atoms with Gasteiger partial charge in [-0.1, -0.05) is 18.2 Å². The van der Waals surface area contributed by atoms with E-state index in [-0.39, 0.29) is 11.9 Å². The molecule has 2 saturated heterocycles. The highest BCUT2D eigenvalue weighted by Gasteiger charge is 2.28. The summed E-state index contributed by atoms with van der Waals surface area (Å²) in [5.41, 5.74) is 3.61. The van der Waals surface area contributed by atoms with Crippen LogP contribution < -0.4 is 15.1 Å². The Morgan fingerprint density at radius 2 is 2.00 bits per heavy atom. The molecule has 0 spiro atoms. The molecule has 0 radical (unpaired) electrons. The lowest BCUT2D eigenvalue weighted by Crippen LogP contribution is -2.46. The zero-order valence-electron chi connectivity index (χ0n) is 17.8. The van der Waals surface area contributed by atoms with Crippen LogP contribution in [0.3, 0.4) is 0 Å². The van der Waals surface area contributed by atoms with Crippen LogP contribution in [0, 0.1) is 5.92 Å². The number of hydrogen-bond donors (Lipinski definition) is 1. The first-order chi connectivity index (χ1) is 15.2. The number of benzene rings is 1. The molecule has 4 heterocycles. The lowest BCUT2D eigenvalue weighted by Gasteiger charge is -2.34. The lowest BCUT2D eigenvalue weighted by atomic mass is 9.96. The monoisotopic (exact) mass is 439 g/mol. The fourth-order valence-corrected chi connectivity index (χ4v) is 5.70. The van der Waals surface area contributed by atoms with E-state index < -0.39 is 0 Å². The quantitative estimate of drug-likeness (QED) is 0.778. The Labute approximate surface area is 187 Å². The number of piperidine rings is 1. The number of anilines is 2. The van der Waals surface area contributed by atoms with Crippen LogP contribution in [0.4, 0.5) is 15.6 Å². The van der Waals surface area contributed by atoms with Gasteiger partial charge in [-0.2, -0.15) is 0 Å². The number of nitrogens with zero attached hydrogens (tertiary/aromatic N) is 4. The van der Waals surface area contributed by atoms with Crippen molar-refractivity contribution < 1.29 is 9.59 Å². The first-order valence-corrected chi connectivity index (χ1v) is 12.2. The summed E-state index contributed by atoms with van der Waals surface area (Å²) in [7, 11) is 0. The van der Waals surface area contributed by atoms with E-state index in [4.69, 9.17) is 0 Å². The molecule has 7 nitrogen and oxygen atoms in total. The first-order valence-electron chi connectivity index (χ1n) is 11.3. The maximum absolute atomic E-state index is 12.8. The SMILES string of the molecule is O=C(Cc1csc(N2CCCNC2=O)n1)N1CCC(CN2CCc3ccccc32)CC1. The predicted molar refractivity (Wildman–Crippen MR) is 123 cm³/mol. The van der Waals surface area contributed by atoms with Crippen LogP contribution >= 0.6 is 11.3 Å². The van der Waals surface area contributed by atoms with Crippen LogP contribution in [0.2, 0.25) is 0 Å². The number of rotatable bonds is 5. The molecule has 3 aliphatic heterocycles. The van der Waals surface area contributed by atoms with E-state index >= 15 is 0 Å². The zero-order valence-corrected chi connectivity index (χ0v) is 18.6. The van der Waals surface area contributed by atoms with Gasteiger partial charge in [-0.15, -0.1) is 11.3 Å². The summed E-state index contributed by atoms with van der Waals surface area (Å²) >= 11 is 1.44. The van der Waals surface area contributed by atoms with Crippen molar-refractivity contribution in [2.45, 2.75) is 32.1 Å².